The molecule has 22 heavy (non-hydrogen) atoms. The van der Waals surface area contributed by atoms with Gasteiger partial charge in [0.15, 0.2) is 4.32 Å². The maximum atomic E-state index is 12.3. The van der Waals surface area contributed by atoms with Crippen molar-refractivity contribution < 1.29 is 19.2 Å². The van der Waals surface area contributed by atoms with Gasteiger partial charge in [0.2, 0.25) is 5.04 Å². The van der Waals surface area contributed by atoms with E-state index in [-0.39, 0.29) is 11.0 Å². The zero-order valence-electron chi connectivity index (χ0n) is 11.3. The van der Waals surface area contributed by atoms with Gasteiger partial charge < -0.3 is 9.57 Å². The van der Waals surface area contributed by atoms with E-state index in [4.69, 9.17) is 21.8 Å². The maximum Gasteiger partial charge on any atom is 0.375 e. The van der Waals surface area contributed by atoms with Crippen LogP contribution in [0.1, 0.15) is 9.67 Å². The number of oxime groups is 1. The summed E-state index contributed by atoms with van der Waals surface area (Å²) in [6.07, 6.45) is 0. The lowest BCUT2D eigenvalue weighted by Crippen LogP contribution is -2.51. The predicted octanol–water partition coefficient (Wildman–Crippen LogP) is 1.33. The molecule has 1 aromatic rings. The molecule has 3 heterocycles. The molecule has 3 rings (SSSR count). The average molecular weight is 357 g/mol. The predicted molar refractivity (Wildman–Crippen MR) is 86.6 cm³/mol. The van der Waals surface area contributed by atoms with Crippen LogP contribution < -0.4 is 0 Å². The zero-order chi connectivity index (χ0) is 15.5. The van der Waals surface area contributed by atoms with E-state index in [1.807, 2.05) is 5.01 Å². The molecule has 0 spiro atoms. The van der Waals surface area contributed by atoms with Crippen LogP contribution in [0.25, 0.3) is 0 Å². The molecule has 0 saturated carbocycles. The van der Waals surface area contributed by atoms with Crippen molar-refractivity contribution in [2.45, 2.75) is 0 Å². The number of ether oxygens (including phenoxy) is 1. The largest absolute Gasteiger partial charge is 0.379 e. The van der Waals surface area contributed by atoms with Crippen molar-refractivity contribution >= 4 is 56.6 Å². The number of nitrogens with zero attached hydrogens (tertiary/aromatic N) is 3. The van der Waals surface area contributed by atoms with E-state index in [1.54, 1.807) is 17.5 Å². The number of thiocarbonyl (C=S) groups is 1. The molecule has 2 saturated heterocycles. The molecule has 1 aromatic heterocycles. The van der Waals surface area contributed by atoms with Crippen LogP contribution >= 0.6 is 35.3 Å². The minimum atomic E-state index is -0.591. The Kier molecular flexibility index (Phi) is 4.84. The first kappa shape index (κ1) is 15.6. The Morgan fingerprint density at radius 1 is 1.41 bits per heavy atom. The van der Waals surface area contributed by atoms with Gasteiger partial charge in [-0.2, -0.15) is 0 Å². The van der Waals surface area contributed by atoms with E-state index in [9.17, 15) is 9.59 Å². The Bertz CT molecular complexity index is 626. The summed E-state index contributed by atoms with van der Waals surface area (Å²) in [6.45, 7) is 2.23. The maximum absolute atomic E-state index is 12.3. The van der Waals surface area contributed by atoms with Crippen LogP contribution in [0, 0.1) is 0 Å². The highest BCUT2D eigenvalue weighted by molar-refractivity contribution is 8.35. The van der Waals surface area contributed by atoms with E-state index in [0.717, 1.165) is 11.8 Å². The molecule has 0 bridgehead atoms. The molecule has 0 aliphatic carbocycles. The summed E-state index contributed by atoms with van der Waals surface area (Å²) in [7, 11) is 0. The van der Waals surface area contributed by atoms with E-state index in [2.05, 4.69) is 5.16 Å². The van der Waals surface area contributed by atoms with Crippen molar-refractivity contribution in [1.82, 2.24) is 10.0 Å². The minimum absolute atomic E-state index is 0.0568. The third-order valence-corrected chi connectivity index (χ3v) is 5.00. The molecule has 0 N–H and O–H groups in total. The molecule has 10 heteroatoms. The van der Waals surface area contributed by atoms with Crippen LogP contribution in [0.5, 0.6) is 0 Å². The van der Waals surface area contributed by atoms with Crippen molar-refractivity contribution in [2.75, 3.05) is 26.3 Å². The van der Waals surface area contributed by atoms with E-state index >= 15 is 0 Å². The fourth-order valence-corrected chi connectivity index (χ4v) is 3.65. The Morgan fingerprint density at radius 2 is 2.18 bits per heavy atom. The zero-order valence-corrected chi connectivity index (χ0v) is 13.7. The van der Waals surface area contributed by atoms with Gasteiger partial charge in [-0.15, -0.1) is 11.3 Å². The smallest absolute Gasteiger partial charge is 0.375 e. The van der Waals surface area contributed by atoms with Gasteiger partial charge >= 0.3 is 11.9 Å². The number of rotatable bonds is 3. The summed E-state index contributed by atoms with van der Waals surface area (Å²) in [5, 5.41) is 8.67. The molecule has 2 aliphatic rings. The SMILES string of the molecule is O=C(O/N=C1/SC(=S)N(N2CCOCC2)C1=O)c1cccs1. The van der Waals surface area contributed by atoms with Crippen LogP contribution in [0.2, 0.25) is 0 Å². The van der Waals surface area contributed by atoms with Gasteiger partial charge in [0.05, 0.1) is 13.2 Å². The standard InChI is InChI=1S/C12H11N3O4S3/c16-10-9(13-19-11(17)8-2-1-7-21-8)22-12(20)15(10)14-3-5-18-6-4-14/h1-2,7H,3-6H2/b13-9+. The lowest BCUT2D eigenvalue weighted by atomic mass is 10.5. The lowest BCUT2D eigenvalue weighted by Gasteiger charge is -2.33. The summed E-state index contributed by atoms with van der Waals surface area (Å²) < 4.78 is 5.62. The quantitative estimate of drug-likeness (QED) is 0.459. The van der Waals surface area contributed by atoms with Gasteiger partial charge in [-0.05, 0) is 23.2 Å². The van der Waals surface area contributed by atoms with Gasteiger partial charge in [-0.1, -0.05) is 23.4 Å². The number of thioether (sulfide) groups is 1. The van der Waals surface area contributed by atoms with Gasteiger partial charge in [-0.3, -0.25) is 4.79 Å². The molecule has 0 aromatic carbocycles. The molecule has 1 amide bonds. The number of amides is 1. The van der Waals surface area contributed by atoms with Crippen LogP contribution in [-0.2, 0) is 14.4 Å². The first-order chi connectivity index (χ1) is 10.7. The van der Waals surface area contributed by atoms with Crippen LogP contribution in [0.4, 0.5) is 0 Å². The third kappa shape index (κ3) is 3.20. The molecule has 2 aliphatic heterocycles. The number of thiophene rings is 1. The van der Waals surface area contributed by atoms with Gasteiger partial charge in [0.25, 0.3) is 0 Å². The van der Waals surface area contributed by atoms with E-state index in [0.29, 0.717) is 35.5 Å². The molecule has 0 unspecified atom stereocenters. The lowest BCUT2D eigenvalue weighted by molar-refractivity contribution is -0.135. The van der Waals surface area contributed by atoms with Crippen LogP contribution in [-0.4, -0.2) is 57.6 Å². The normalized spacial score (nSPS) is 21.6. The topological polar surface area (TPSA) is 71.4 Å². The van der Waals surface area contributed by atoms with Crippen LogP contribution in [0.3, 0.4) is 0 Å². The number of morpholine rings is 1. The van der Waals surface area contributed by atoms with Crippen molar-refractivity contribution in [2.24, 2.45) is 5.16 Å². The average Bonchev–Trinajstić information content (AvgIpc) is 3.15. The summed E-state index contributed by atoms with van der Waals surface area (Å²) in [5.74, 6) is -0.970. The van der Waals surface area contributed by atoms with Crippen LogP contribution in [0.15, 0.2) is 22.7 Å². The monoisotopic (exact) mass is 357 g/mol. The first-order valence-electron chi connectivity index (χ1n) is 6.38. The van der Waals surface area contributed by atoms with Crippen molar-refractivity contribution in [3.63, 3.8) is 0 Å². The Morgan fingerprint density at radius 3 is 2.86 bits per heavy atom. The molecular weight excluding hydrogens is 346 g/mol. The molecule has 0 radical (unpaired) electrons. The second kappa shape index (κ2) is 6.84. The van der Waals surface area contributed by atoms with Gasteiger partial charge in [0, 0.05) is 13.1 Å². The molecule has 2 fully saturated rings. The summed E-state index contributed by atoms with van der Waals surface area (Å²) in [4.78, 5) is 29.3. The first-order valence-corrected chi connectivity index (χ1v) is 8.49. The molecule has 0 atom stereocenters. The van der Waals surface area contributed by atoms with E-state index < -0.39 is 5.97 Å². The van der Waals surface area contributed by atoms with Gasteiger partial charge in [0.1, 0.15) is 4.88 Å². The number of hydrazine groups is 1. The fraction of sp³-hybridized carbons (Fsp3) is 0.333. The number of carbonyl (C=O) groups excluding carboxylic acids is 2. The van der Waals surface area contributed by atoms with Gasteiger partial charge in [-0.25, -0.2) is 14.8 Å². The third-order valence-electron chi connectivity index (χ3n) is 2.94. The Labute approximate surface area is 139 Å². The minimum Gasteiger partial charge on any atom is -0.379 e. The molecular formula is C12H11N3O4S3. The fourth-order valence-electron chi connectivity index (χ4n) is 1.92. The van der Waals surface area contributed by atoms with Crippen molar-refractivity contribution in [3.05, 3.63) is 22.4 Å². The van der Waals surface area contributed by atoms with E-state index in [1.165, 1.54) is 16.3 Å². The highest BCUT2D eigenvalue weighted by Gasteiger charge is 2.39. The van der Waals surface area contributed by atoms with Crippen molar-refractivity contribution in [1.29, 1.82) is 0 Å². The number of carbonyl (C=O) groups is 2. The Hall–Kier alpha value is -1.33. The Balaban J connectivity index is 1.67. The highest BCUT2D eigenvalue weighted by Crippen LogP contribution is 2.25. The number of hydrogen-bond donors (Lipinski definition) is 0. The summed E-state index contributed by atoms with van der Waals surface area (Å²) >= 11 is 7.46. The van der Waals surface area contributed by atoms with Crippen molar-refractivity contribution in [3.8, 4) is 0 Å². The molecule has 7 nitrogen and oxygen atoms in total. The second-order valence-corrected chi connectivity index (χ2v) is 6.87. The second-order valence-electron chi connectivity index (χ2n) is 4.30. The number of hydrogen-bond acceptors (Lipinski definition) is 9. The summed E-state index contributed by atoms with van der Waals surface area (Å²) in [6, 6.07) is 3.36. The summed E-state index contributed by atoms with van der Waals surface area (Å²) in [5.41, 5.74) is 0. The molecule has 116 valence electrons. The highest BCUT2D eigenvalue weighted by atomic mass is 32.2.